The van der Waals surface area contributed by atoms with Crippen molar-refractivity contribution in [3.8, 4) is 17.2 Å². The maximum atomic E-state index is 12.6. The number of nitrogens with one attached hydrogen (secondary N) is 2. The molecule has 3 amide bonds. The van der Waals surface area contributed by atoms with E-state index < -0.39 is 47.4 Å². The number of phenolic OH excluding ortho intramolecular Hbond substituents is 3. The number of para-hydroxylation sites is 2. The summed E-state index contributed by atoms with van der Waals surface area (Å²) in [5.74, 6) is -1.66. The zero-order valence-electron chi connectivity index (χ0n) is 36.4. The summed E-state index contributed by atoms with van der Waals surface area (Å²) >= 11 is 0. The van der Waals surface area contributed by atoms with Gasteiger partial charge in [-0.15, -0.1) is 0 Å². The van der Waals surface area contributed by atoms with E-state index in [-0.39, 0.29) is 67.4 Å². The van der Waals surface area contributed by atoms with Crippen LogP contribution in [0.1, 0.15) is 47.8 Å². The zero-order valence-corrected chi connectivity index (χ0v) is 38.0. The summed E-state index contributed by atoms with van der Waals surface area (Å²) in [7, 11) is 1.11. The van der Waals surface area contributed by atoms with Gasteiger partial charge in [-0.05, 0) is 92.1 Å². The lowest BCUT2D eigenvalue weighted by molar-refractivity contribution is -0.387. The van der Waals surface area contributed by atoms with Crippen molar-refractivity contribution in [2.75, 3.05) is 63.2 Å². The van der Waals surface area contributed by atoms with E-state index in [4.69, 9.17) is 11.5 Å². The number of phenols is 3. The van der Waals surface area contributed by atoms with E-state index >= 15 is 0 Å². The van der Waals surface area contributed by atoms with Crippen molar-refractivity contribution in [2.45, 2.75) is 30.6 Å². The molecule has 9 N–H and O–H groups in total. The number of nitro groups is 1. The zero-order chi connectivity index (χ0) is 48.6. The van der Waals surface area contributed by atoms with Gasteiger partial charge in [0.15, 0.2) is 4.90 Å². The molecule has 0 bridgehead atoms. The first-order chi connectivity index (χ1) is 29.6. The quantitative estimate of drug-likeness (QED) is 0.0425. The fourth-order valence-electron chi connectivity index (χ4n) is 5.68. The first-order valence-corrected chi connectivity index (χ1v) is 21.6. The van der Waals surface area contributed by atoms with Crippen LogP contribution in [0.25, 0.3) is 0 Å². The van der Waals surface area contributed by atoms with Crippen molar-refractivity contribution in [1.82, 2.24) is 14.7 Å². The second-order valence-electron chi connectivity index (χ2n) is 14.7. The van der Waals surface area contributed by atoms with Crippen LogP contribution in [-0.4, -0.2) is 112 Å². The van der Waals surface area contributed by atoms with Crippen LogP contribution >= 0.6 is 0 Å². The van der Waals surface area contributed by atoms with Crippen molar-refractivity contribution in [2.24, 2.45) is 0 Å². The van der Waals surface area contributed by atoms with E-state index in [1.54, 1.807) is 60.2 Å². The molecule has 0 aliphatic heterocycles. The maximum absolute atomic E-state index is 12.6. The van der Waals surface area contributed by atoms with Crippen LogP contribution < -0.4 is 20.9 Å². The fraction of sp³-hybridized carbons (Fsp3) is 0.214. The maximum Gasteiger partial charge on any atom is 0.289 e. The molecule has 5 aromatic rings. The van der Waals surface area contributed by atoms with Gasteiger partial charge in [0, 0.05) is 54.0 Å². The molecule has 0 saturated heterocycles. The number of nitro benzene ring substituents is 1. The number of rotatable bonds is 10. The van der Waals surface area contributed by atoms with Crippen LogP contribution in [-0.2, 0) is 20.0 Å². The van der Waals surface area contributed by atoms with Gasteiger partial charge in [-0.3, -0.25) is 33.9 Å². The average molecular weight is 923 g/mol. The highest BCUT2D eigenvalue weighted by Gasteiger charge is 2.27. The number of aryl methyl sites for hydroxylation is 3. The Labute approximate surface area is 370 Å². The molecule has 20 nitrogen and oxygen atoms in total. The van der Waals surface area contributed by atoms with Crippen molar-refractivity contribution in [3.63, 3.8) is 0 Å². The number of amides is 3. The molecule has 64 heavy (non-hydrogen) atoms. The molecule has 0 radical (unpaired) electrons. The Kier molecular flexibility index (Phi) is 16.3. The van der Waals surface area contributed by atoms with E-state index in [1.807, 2.05) is 0 Å². The molecule has 0 atom stereocenters. The topological polar surface area (TPSA) is 309 Å². The monoisotopic (exact) mass is 922 g/mol. The summed E-state index contributed by atoms with van der Waals surface area (Å²) < 4.78 is 54.7. The number of aromatic hydroxyl groups is 3. The van der Waals surface area contributed by atoms with Crippen LogP contribution in [0.5, 0.6) is 17.2 Å². The Balaban J connectivity index is 0.000000267. The number of benzene rings is 5. The predicted octanol–water partition coefficient (Wildman–Crippen LogP) is 4.88. The Hall–Kier alpha value is -7.59. The molecule has 0 heterocycles. The number of hydrogen-bond donors (Lipinski definition) is 7. The molecule has 5 aromatic carbocycles. The molecular weight excluding hydrogens is 873 g/mol. The van der Waals surface area contributed by atoms with Crippen LogP contribution in [0.15, 0.2) is 94.7 Å². The van der Waals surface area contributed by atoms with Crippen molar-refractivity contribution < 1.29 is 51.5 Å². The minimum Gasteiger partial charge on any atom is -0.507 e. The number of hydrogen-bond acceptors (Lipinski definition) is 14. The lowest BCUT2D eigenvalue weighted by atomic mass is 10.1. The molecule has 0 fully saturated rings. The molecule has 0 aliphatic rings. The highest BCUT2D eigenvalue weighted by atomic mass is 32.2. The van der Waals surface area contributed by atoms with Crippen molar-refractivity contribution in [1.29, 1.82) is 0 Å². The second-order valence-corrected chi connectivity index (χ2v) is 18.0. The van der Waals surface area contributed by atoms with E-state index in [9.17, 15) is 56.7 Å². The van der Waals surface area contributed by atoms with Gasteiger partial charge < -0.3 is 41.5 Å². The first-order valence-electron chi connectivity index (χ1n) is 18.7. The number of nitrogens with zero attached hydrogens (tertiary/aromatic N) is 4. The Bertz CT molecular complexity index is 2830. The first kappa shape index (κ1) is 50.8. The van der Waals surface area contributed by atoms with Gasteiger partial charge in [0.2, 0.25) is 0 Å². The summed E-state index contributed by atoms with van der Waals surface area (Å²) in [6, 6.07) is 19.3. The van der Waals surface area contributed by atoms with Gasteiger partial charge >= 0.3 is 0 Å². The van der Waals surface area contributed by atoms with Gasteiger partial charge in [-0.25, -0.2) is 16.8 Å². The third kappa shape index (κ3) is 12.3. The summed E-state index contributed by atoms with van der Waals surface area (Å²) in [5.41, 5.74) is 12.9. The minimum absolute atomic E-state index is 0.00194. The third-order valence-corrected chi connectivity index (χ3v) is 11.8. The van der Waals surface area contributed by atoms with E-state index in [0.717, 1.165) is 12.1 Å². The number of nitrogen functional groups attached to an aromatic ring is 2. The molecule has 0 aromatic heterocycles. The van der Waals surface area contributed by atoms with Crippen LogP contribution in [0.3, 0.4) is 0 Å². The number of carbonyl (C=O) groups excluding carboxylic acids is 3. The Morgan fingerprint density at radius 2 is 0.906 bits per heavy atom. The Morgan fingerprint density at radius 1 is 0.562 bits per heavy atom. The number of nitrogens with two attached hydrogens (primary N) is 2. The van der Waals surface area contributed by atoms with Gasteiger partial charge in [0.05, 0.1) is 38.7 Å². The SMILES string of the molecule is Cc1cc(N)cc(C(=O)N(C)C)c1O.Cc1cc(NS(=O)(=O)c2ccccc2N)cc(C(=O)N(C)C)c1O.Cc1cc(NS(=O)(=O)c2ccccc2[N+](=O)[O-])cc(C(=O)N(C)C)c1O. The summed E-state index contributed by atoms with van der Waals surface area (Å²) in [6.07, 6.45) is 0. The van der Waals surface area contributed by atoms with Gasteiger partial charge in [0.25, 0.3) is 43.5 Å². The van der Waals surface area contributed by atoms with Crippen LogP contribution in [0.4, 0.5) is 28.4 Å². The molecule has 342 valence electrons. The van der Waals surface area contributed by atoms with Crippen LogP contribution in [0.2, 0.25) is 0 Å². The third-order valence-electron chi connectivity index (χ3n) is 8.90. The standard InChI is InChI=1S/C16H17N3O6S.C16H19N3O4S.C10H14N2O2/c1-10-8-11(9-12(15(10)20)16(21)18(2)3)17-26(24,25)14-7-5-4-6-13(14)19(22)23;1-10-8-11(9-12(15(10)20)16(21)19(2)3)18-24(22,23)14-7-5-4-6-13(14)17;1-6-4-7(11)5-8(9(6)13)10(14)12(2)3/h4-9,17,20H,1-3H3;4-9,18,20H,17H2,1-3H3;4-5,13H,11H2,1-3H3. The summed E-state index contributed by atoms with van der Waals surface area (Å²) in [4.78, 5) is 49.5. The summed E-state index contributed by atoms with van der Waals surface area (Å²) in [5, 5.41) is 40.8. The van der Waals surface area contributed by atoms with Crippen molar-refractivity contribution in [3.05, 3.63) is 128 Å². The van der Waals surface area contributed by atoms with E-state index in [2.05, 4.69) is 9.44 Å². The molecule has 0 unspecified atom stereocenters. The number of anilines is 4. The van der Waals surface area contributed by atoms with E-state index in [1.165, 1.54) is 90.3 Å². The van der Waals surface area contributed by atoms with Crippen molar-refractivity contribution >= 4 is 66.2 Å². The van der Waals surface area contributed by atoms with Gasteiger partial charge in [0.1, 0.15) is 22.1 Å². The smallest absolute Gasteiger partial charge is 0.289 e. The highest BCUT2D eigenvalue weighted by Crippen LogP contribution is 2.32. The second kappa shape index (κ2) is 20.5. The highest BCUT2D eigenvalue weighted by molar-refractivity contribution is 7.93. The molecule has 0 aliphatic carbocycles. The number of sulfonamides is 2. The molecular formula is C42H50N8O12S2. The molecule has 22 heteroatoms. The predicted molar refractivity (Wildman–Crippen MR) is 243 cm³/mol. The number of carbonyl (C=O) groups is 3. The Morgan fingerprint density at radius 3 is 1.30 bits per heavy atom. The normalized spacial score (nSPS) is 10.8. The molecule has 0 spiro atoms. The van der Waals surface area contributed by atoms with Crippen LogP contribution in [0, 0.1) is 30.9 Å². The molecule has 0 saturated carbocycles. The summed E-state index contributed by atoms with van der Waals surface area (Å²) in [6.45, 7) is 4.79. The lowest BCUT2D eigenvalue weighted by Crippen LogP contribution is -2.22. The lowest BCUT2D eigenvalue weighted by Gasteiger charge is -2.16. The minimum atomic E-state index is -4.28. The average Bonchev–Trinajstić information content (AvgIpc) is 3.21. The van der Waals surface area contributed by atoms with Gasteiger partial charge in [-0.1, -0.05) is 24.3 Å². The van der Waals surface area contributed by atoms with Gasteiger partial charge in [-0.2, -0.15) is 0 Å². The molecule has 5 rings (SSSR count). The van der Waals surface area contributed by atoms with E-state index in [0.29, 0.717) is 16.8 Å². The fourth-order valence-corrected chi connectivity index (χ4v) is 8.06. The largest absolute Gasteiger partial charge is 0.507 e.